The monoisotopic (exact) mass is 450 g/mol. The van der Waals surface area contributed by atoms with Crippen LogP contribution in [0.25, 0.3) is 0 Å². The van der Waals surface area contributed by atoms with Gasteiger partial charge in [-0.1, -0.05) is 6.92 Å². The molecule has 1 aliphatic carbocycles. The summed E-state index contributed by atoms with van der Waals surface area (Å²) in [6, 6.07) is 0.275. The number of carbonyl (C=O) groups excluding carboxylic acids is 3. The van der Waals surface area contributed by atoms with Crippen molar-refractivity contribution in [3.8, 4) is 11.5 Å². The van der Waals surface area contributed by atoms with Crippen molar-refractivity contribution in [2.75, 3.05) is 20.3 Å². The molecule has 176 valence electrons. The number of ether oxygens (including phenoxy) is 4. The van der Waals surface area contributed by atoms with Crippen molar-refractivity contribution < 1.29 is 38.4 Å². The van der Waals surface area contributed by atoms with E-state index in [-0.39, 0.29) is 35.9 Å². The van der Waals surface area contributed by atoms with Gasteiger partial charge < -0.3 is 29.4 Å². The van der Waals surface area contributed by atoms with E-state index in [1.165, 1.54) is 19.4 Å². The second-order valence-corrected chi connectivity index (χ2v) is 8.09. The topological polar surface area (TPSA) is 133 Å². The van der Waals surface area contributed by atoms with Crippen LogP contribution in [0.5, 0.6) is 11.5 Å². The standard InChI is InChI=1S/C22H30N2O8/c1-4-13-8-10-30-11-15(24-20(26)17-18(25)16(29-3)7-9-23-17)22(28)31-12(2)19(13)32-21(27)14-5-6-14/h7,9,12-15,19,25H,4-6,8,10-11H2,1-3H3,(H,24,26)/t12-,13-,15-,19-/m0/s1. The van der Waals surface area contributed by atoms with E-state index in [1.807, 2.05) is 6.92 Å². The van der Waals surface area contributed by atoms with E-state index in [2.05, 4.69) is 10.3 Å². The minimum atomic E-state index is -1.13. The smallest absolute Gasteiger partial charge is 0.331 e. The average Bonchev–Trinajstić information content (AvgIpc) is 3.62. The van der Waals surface area contributed by atoms with Gasteiger partial charge in [0.05, 0.1) is 19.6 Å². The maximum atomic E-state index is 12.8. The Hall–Kier alpha value is -2.88. The van der Waals surface area contributed by atoms with Crippen molar-refractivity contribution in [3.63, 3.8) is 0 Å². The molecule has 2 fully saturated rings. The summed E-state index contributed by atoms with van der Waals surface area (Å²) in [4.78, 5) is 41.6. The number of hydrogen-bond donors (Lipinski definition) is 2. The number of amides is 1. The molecule has 1 saturated carbocycles. The first kappa shape index (κ1) is 23.8. The fraction of sp³-hybridized carbons (Fsp3) is 0.636. The van der Waals surface area contributed by atoms with Gasteiger partial charge >= 0.3 is 11.9 Å². The van der Waals surface area contributed by atoms with Crippen LogP contribution in [-0.4, -0.2) is 66.5 Å². The SMILES string of the molecule is CC[C@H]1CCOC[C@H](NC(=O)c2nccc(OC)c2O)C(=O)O[C@@H](C)[C@@H]1OC(=O)C1CC1. The van der Waals surface area contributed by atoms with Crippen LogP contribution in [0.15, 0.2) is 12.3 Å². The van der Waals surface area contributed by atoms with Gasteiger partial charge in [-0.15, -0.1) is 0 Å². The van der Waals surface area contributed by atoms with Gasteiger partial charge in [0.25, 0.3) is 5.91 Å². The van der Waals surface area contributed by atoms with Gasteiger partial charge in [-0.25, -0.2) is 9.78 Å². The first-order valence-electron chi connectivity index (χ1n) is 10.9. The lowest BCUT2D eigenvalue weighted by atomic mass is 9.92. The number of carbonyl (C=O) groups is 3. The van der Waals surface area contributed by atoms with Crippen molar-refractivity contribution in [1.29, 1.82) is 0 Å². The van der Waals surface area contributed by atoms with E-state index in [4.69, 9.17) is 18.9 Å². The molecule has 0 aromatic carbocycles. The van der Waals surface area contributed by atoms with Crippen molar-refractivity contribution >= 4 is 17.8 Å². The summed E-state index contributed by atoms with van der Waals surface area (Å²) in [5, 5.41) is 12.7. The molecule has 3 rings (SSSR count). The number of pyridine rings is 1. The molecule has 1 aromatic rings. The Morgan fingerprint density at radius 3 is 2.72 bits per heavy atom. The molecular formula is C22H30N2O8. The quantitative estimate of drug-likeness (QED) is 0.620. The maximum Gasteiger partial charge on any atom is 0.331 e. The number of esters is 2. The predicted octanol–water partition coefficient (Wildman–Crippen LogP) is 1.59. The summed E-state index contributed by atoms with van der Waals surface area (Å²) < 4.78 is 21.9. The molecule has 0 bridgehead atoms. The molecule has 1 aromatic heterocycles. The normalized spacial score (nSPS) is 26.5. The van der Waals surface area contributed by atoms with Gasteiger partial charge in [0, 0.05) is 24.8 Å². The number of nitrogens with zero attached hydrogens (tertiary/aromatic N) is 1. The summed E-state index contributed by atoms with van der Waals surface area (Å²) in [5.41, 5.74) is -0.287. The van der Waals surface area contributed by atoms with E-state index in [1.54, 1.807) is 6.92 Å². The van der Waals surface area contributed by atoms with Crippen LogP contribution in [-0.2, 0) is 23.8 Å². The van der Waals surface area contributed by atoms with E-state index < -0.39 is 35.9 Å². The molecule has 0 unspecified atom stereocenters. The predicted molar refractivity (Wildman–Crippen MR) is 111 cm³/mol. The molecule has 4 atom stereocenters. The highest BCUT2D eigenvalue weighted by molar-refractivity contribution is 5.98. The molecule has 0 spiro atoms. The largest absolute Gasteiger partial charge is 0.503 e. The number of methoxy groups -OCH3 is 1. The molecule has 10 heteroatoms. The van der Waals surface area contributed by atoms with Crippen LogP contribution in [0.3, 0.4) is 0 Å². The lowest BCUT2D eigenvalue weighted by Gasteiger charge is -2.33. The zero-order valence-corrected chi connectivity index (χ0v) is 18.5. The highest BCUT2D eigenvalue weighted by Gasteiger charge is 2.39. The second kappa shape index (κ2) is 10.6. The fourth-order valence-electron chi connectivity index (χ4n) is 3.66. The molecular weight excluding hydrogens is 420 g/mol. The van der Waals surface area contributed by atoms with Crippen LogP contribution in [0.1, 0.15) is 50.0 Å². The molecule has 1 amide bonds. The van der Waals surface area contributed by atoms with Crippen molar-refractivity contribution in [2.45, 2.75) is 57.8 Å². The Morgan fingerprint density at radius 1 is 1.31 bits per heavy atom. The Morgan fingerprint density at radius 2 is 2.06 bits per heavy atom. The minimum absolute atomic E-state index is 0.0235. The summed E-state index contributed by atoms with van der Waals surface area (Å²) in [6.07, 6.45) is 2.99. The number of cyclic esters (lactones) is 1. The highest BCUT2D eigenvalue weighted by Crippen LogP contribution is 2.33. The minimum Gasteiger partial charge on any atom is -0.503 e. The first-order chi connectivity index (χ1) is 15.3. The Kier molecular flexibility index (Phi) is 7.89. The maximum absolute atomic E-state index is 12.8. The van der Waals surface area contributed by atoms with Gasteiger partial charge in [-0.3, -0.25) is 9.59 Å². The van der Waals surface area contributed by atoms with Gasteiger partial charge in [-0.2, -0.15) is 0 Å². The molecule has 1 saturated heterocycles. The van der Waals surface area contributed by atoms with E-state index >= 15 is 0 Å². The Labute approximate surface area is 186 Å². The third-order valence-corrected chi connectivity index (χ3v) is 5.75. The zero-order valence-electron chi connectivity index (χ0n) is 18.5. The Bertz CT molecular complexity index is 841. The number of aromatic nitrogens is 1. The van der Waals surface area contributed by atoms with Crippen molar-refractivity contribution in [1.82, 2.24) is 10.3 Å². The fourth-order valence-corrected chi connectivity index (χ4v) is 3.66. The second-order valence-electron chi connectivity index (χ2n) is 8.09. The van der Waals surface area contributed by atoms with E-state index in [0.29, 0.717) is 13.0 Å². The summed E-state index contributed by atoms with van der Waals surface area (Å²) in [6.45, 7) is 3.89. The number of rotatable bonds is 6. The number of hydrogen-bond acceptors (Lipinski definition) is 9. The highest BCUT2D eigenvalue weighted by atomic mass is 16.6. The number of nitrogens with one attached hydrogen (secondary N) is 1. The van der Waals surface area contributed by atoms with Gasteiger partial charge in [-0.05, 0) is 32.6 Å². The molecule has 32 heavy (non-hydrogen) atoms. The van der Waals surface area contributed by atoms with Crippen LogP contribution in [0.4, 0.5) is 0 Å². The first-order valence-corrected chi connectivity index (χ1v) is 10.9. The zero-order chi connectivity index (χ0) is 23.3. The lowest BCUT2D eigenvalue weighted by Crippen LogP contribution is -2.49. The van der Waals surface area contributed by atoms with Crippen LogP contribution < -0.4 is 10.1 Å². The molecule has 2 aliphatic rings. The third kappa shape index (κ3) is 5.67. The molecule has 0 radical (unpaired) electrons. The van der Waals surface area contributed by atoms with Gasteiger partial charge in [0.2, 0.25) is 0 Å². The van der Waals surface area contributed by atoms with Crippen LogP contribution in [0, 0.1) is 11.8 Å². The molecule has 10 nitrogen and oxygen atoms in total. The number of aromatic hydroxyl groups is 1. The van der Waals surface area contributed by atoms with Crippen molar-refractivity contribution in [2.24, 2.45) is 11.8 Å². The van der Waals surface area contributed by atoms with Gasteiger partial charge in [0.15, 0.2) is 23.2 Å². The lowest BCUT2D eigenvalue weighted by molar-refractivity contribution is -0.176. The average molecular weight is 450 g/mol. The van der Waals surface area contributed by atoms with E-state index in [9.17, 15) is 19.5 Å². The molecule has 1 aliphatic heterocycles. The van der Waals surface area contributed by atoms with Gasteiger partial charge in [0.1, 0.15) is 12.2 Å². The van der Waals surface area contributed by atoms with E-state index in [0.717, 1.165) is 19.3 Å². The van der Waals surface area contributed by atoms with Crippen LogP contribution in [0.2, 0.25) is 0 Å². The summed E-state index contributed by atoms with van der Waals surface area (Å²) >= 11 is 0. The molecule has 2 heterocycles. The summed E-state index contributed by atoms with van der Waals surface area (Å²) in [7, 11) is 1.35. The Balaban J connectivity index is 1.72. The third-order valence-electron chi connectivity index (χ3n) is 5.75. The van der Waals surface area contributed by atoms with Crippen molar-refractivity contribution in [3.05, 3.63) is 18.0 Å². The van der Waals surface area contributed by atoms with Crippen LogP contribution >= 0.6 is 0 Å². The summed E-state index contributed by atoms with van der Waals surface area (Å²) in [5.74, 6) is -2.22. The molecule has 2 N–H and O–H groups in total.